The fourth-order valence-electron chi connectivity index (χ4n) is 2.86. The lowest BCUT2D eigenvalue weighted by Gasteiger charge is -2.07. The number of carbonyl (C=O) groups excluding carboxylic acids is 1. The van der Waals surface area contributed by atoms with Crippen molar-refractivity contribution in [3.05, 3.63) is 63.9 Å². The van der Waals surface area contributed by atoms with Crippen molar-refractivity contribution in [1.29, 1.82) is 0 Å². The molecule has 1 aromatic carbocycles. The molecule has 1 aliphatic rings. The number of nitrogens with zero attached hydrogens (tertiary/aromatic N) is 1. The summed E-state index contributed by atoms with van der Waals surface area (Å²) in [6.45, 7) is 4.23. The Kier molecular flexibility index (Phi) is 3.74. The molecule has 0 aliphatic carbocycles. The van der Waals surface area contributed by atoms with E-state index in [4.69, 9.17) is 0 Å². The summed E-state index contributed by atoms with van der Waals surface area (Å²) in [7, 11) is 0. The molecule has 5 heteroatoms. The molecule has 1 unspecified atom stereocenters. The molecule has 0 amide bonds. The average molecular weight is 360 g/mol. The summed E-state index contributed by atoms with van der Waals surface area (Å²) >= 11 is 3.39. The van der Waals surface area contributed by atoms with Crippen LogP contribution >= 0.6 is 15.9 Å². The highest BCUT2D eigenvalue weighted by molar-refractivity contribution is 9.10. The van der Waals surface area contributed by atoms with Crippen molar-refractivity contribution in [1.82, 2.24) is 4.57 Å². The summed E-state index contributed by atoms with van der Waals surface area (Å²) in [5, 5.41) is 9.25. The van der Waals surface area contributed by atoms with Gasteiger partial charge in [-0.1, -0.05) is 36.9 Å². The van der Waals surface area contributed by atoms with Crippen LogP contribution in [0.2, 0.25) is 0 Å². The van der Waals surface area contributed by atoms with Crippen LogP contribution in [0.1, 0.15) is 39.6 Å². The molecular weight excluding hydrogens is 346 g/mol. The molecule has 0 spiro atoms. The zero-order valence-corrected chi connectivity index (χ0v) is 13.3. The molecule has 2 heterocycles. The Balaban J connectivity index is 2.02. The normalized spacial score (nSPS) is 16.3. The number of carbonyl (C=O) groups is 2. The summed E-state index contributed by atoms with van der Waals surface area (Å²) < 4.78 is 2.46. The van der Waals surface area contributed by atoms with E-state index >= 15 is 0 Å². The van der Waals surface area contributed by atoms with E-state index in [2.05, 4.69) is 22.5 Å². The van der Waals surface area contributed by atoms with Gasteiger partial charge in [0.05, 0.1) is 5.92 Å². The maximum atomic E-state index is 12.7. The molecule has 0 radical (unpaired) electrons. The van der Waals surface area contributed by atoms with E-state index in [-0.39, 0.29) is 5.78 Å². The van der Waals surface area contributed by atoms with Gasteiger partial charge >= 0.3 is 5.97 Å². The lowest BCUT2D eigenvalue weighted by molar-refractivity contribution is -0.138. The number of rotatable bonds is 4. The minimum Gasteiger partial charge on any atom is -0.481 e. The van der Waals surface area contributed by atoms with Gasteiger partial charge in [-0.3, -0.25) is 9.59 Å². The summed E-state index contributed by atoms with van der Waals surface area (Å²) in [6.07, 6.45) is 2.24. The molecule has 0 fully saturated rings. The monoisotopic (exact) mass is 359 g/mol. The number of carboxylic acids is 1. The van der Waals surface area contributed by atoms with Crippen molar-refractivity contribution in [3.8, 4) is 0 Å². The lowest BCUT2D eigenvalue weighted by atomic mass is 10.0. The number of benzene rings is 1. The molecule has 112 valence electrons. The average Bonchev–Trinajstić information content (AvgIpc) is 3.04. The van der Waals surface area contributed by atoms with E-state index in [1.807, 2.05) is 16.7 Å². The smallest absolute Gasteiger partial charge is 0.312 e. The third-order valence-corrected chi connectivity index (χ3v) is 4.61. The van der Waals surface area contributed by atoms with E-state index in [0.29, 0.717) is 34.4 Å². The van der Waals surface area contributed by atoms with Crippen molar-refractivity contribution in [2.45, 2.75) is 18.9 Å². The van der Waals surface area contributed by atoms with Crippen LogP contribution < -0.4 is 0 Å². The predicted octanol–water partition coefficient (Wildman–Crippen LogP) is 3.70. The van der Waals surface area contributed by atoms with Crippen LogP contribution in [-0.2, 0) is 11.3 Å². The number of fused-ring (bicyclic) bond motifs is 1. The van der Waals surface area contributed by atoms with Crippen LogP contribution in [0.3, 0.4) is 0 Å². The van der Waals surface area contributed by atoms with Gasteiger partial charge in [0.15, 0.2) is 0 Å². The zero-order valence-electron chi connectivity index (χ0n) is 11.8. The highest BCUT2D eigenvalue weighted by atomic mass is 79.9. The summed E-state index contributed by atoms with van der Waals surface area (Å²) in [6, 6.07) is 8.94. The molecule has 22 heavy (non-hydrogen) atoms. The number of aromatic nitrogens is 1. The van der Waals surface area contributed by atoms with Crippen molar-refractivity contribution >= 4 is 33.8 Å². The molecule has 0 saturated heterocycles. The molecule has 0 bridgehead atoms. The Bertz CT molecular complexity index is 774. The summed E-state index contributed by atoms with van der Waals surface area (Å²) in [5.41, 5.74) is 2.73. The first-order valence-corrected chi connectivity index (χ1v) is 7.71. The second kappa shape index (κ2) is 5.57. The predicted molar refractivity (Wildman–Crippen MR) is 87.1 cm³/mol. The van der Waals surface area contributed by atoms with Gasteiger partial charge in [-0.25, -0.2) is 0 Å². The molecular formula is C17H14BrNO3. The minimum atomic E-state index is -0.849. The van der Waals surface area contributed by atoms with Crippen LogP contribution in [0.4, 0.5) is 0 Å². The first-order valence-electron chi connectivity index (χ1n) is 6.92. The van der Waals surface area contributed by atoms with E-state index < -0.39 is 11.9 Å². The number of hydrogen-bond acceptors (Lipinski definition) is 2. The lowest BCUT2D eigenvalue weighted by Crippen LogP contribution is -2.10. The van der Waals surface area contributed by atoms with Crippen molar-refractivity contribution in [3.63, 3.8) is 0 Å². The van der Waals surface area contributed by atoms with Gasteiger partial charge in [-0.05, 0) is 34.0 Å². The second-order valence-corrected chi connectivity index (χ2v) is 6.11. The fraction of sp³-hybridized carbons (Fsp3) is 0.176. The maximum Gasteiger partial charge on any atom is 0.312 e. The number of ketones is 1. The molecule has 4 nitrogen and oxygen atoms in total. The number of carboxylic acid groups (broad SMARTS) is 1. The Morgan fingerprint density at radius 2 is 2.00 bits per heavy atom. The zero-order chi connectivity index (χ0) is 15.9. The highest BCUT2D eigenvalue weighted by Gasteiger charge is 2.33. The molecule has 1 aromatic heterocycles. The van der Waals surface area contributed by atoms with Crippen molar-refractivity contribution < 1.29 is 14.7 Å². The molecule has 3 rings (SSSR count). The molecule has 2 aromatic rings. The third kappa shape index (κ3) is 2.31. The van der Waals surface area contributed by atoms with Gasteiger partial charge in [0.1, 0.15) is 5.69 Å². The number of hydrogen-bond donors (Lipinski definition) is 1. The Morgan fingerprint density at radius 3 is 2.59 bits per heavy atom. The Morgan fingerprint density at radius 1 is 1.32 bits per heavy atom. The molecule has 1 atom stereocenters. The van der Waals surface area contributed by atoms with Crippen LogP contribution in [0, 0.1) is 0 Å². The second-order valence-electron chi connectivity index (χ2n) is 5.25. The largest absolute Gasteiger partial charge is 0.481 e. The highest BCUT2D eigenvalue weighted by Crippen LogP contribution is 2.36. The summed E-state index contributed by atoms with van der Waals surface area (Å²) in [4.78, 5) is 24.0. The summed E-state index contributed by atoms with van der Waals surface area (Å²) in [5.74, 6) is -1.50. The fourth-order valence-corrected chi connectivity index (χ4v) is 3.49. The van der Waals surface area contributed by atoms with Crippen LogP contribution in [-0.4, -0.2) is 21.4 Å². The van der Waals surface area contributed by atoms with Crippen molar-refractivity contribution in [2.24, 2.45) is 0 Å². The molecule has 0 saturated carbocycles. The van der Waals surface area contributed by atoms with Gasteiger partial charge in [-0.15, -0.1) is 0 Å². The first kappa shape index (κ1) is 14.8. The van der Waals surface area contributed by atoms with E-state index in [1.165, 1.54) is 0 Å². The first-order chi connectivity index (χ1) is 10.5. The van der Waals surface area contributed by atoms with Gasteiger partial charge in [-0.2, -0.15) is 0 Å². The maximum absolute atomic E-state index is 12.7. The van der Waals surface area contributed by atoms with Crippen LogP contribution in [0.25, 0.3) is 6.08 Å². The van der Waals surface area contributed by atoms with Gasteiger partial charge < -0.3 is 9.67 Å². The van der Waals surface area contributed by atoms with E-state index in [1.54, 1.807) is 24.3 Å². The van der Waals surface area contributed by atoms with Gasteiger partial charge in [0, 0.05) is 22.3 Å². The Labute approximate surface area is 136 Å². The minimum absolute atomic E-state index is 0.111. The van der Waals surface area contributed by atoms with Gasteiger partial charge in [0.25, 0.3) is 0 Å². The molecule has 1 N–H and O–H groups in total. The van der Waals surface area contributed by atoms with Crippen LogP contribution in [0.5, 0.6) is 0 Å². The van der Waals surface area contributed by atoms with Crippen LogP contribution in [0.15, 0.2) is 41.4 Å². The molecule has 1 aliphatic heterocycles. The van der Waals surface area contributed by atoms with E-state index in [9.17, 15) is 14.7 Å². The number of halogens is 1. The SMILES string of the molecule is C=Cc1ccc(C(=O)c2c(Br)cc3n2CCC3C(=O)O)cc1. The Hall–Kier alpha value is -2.14. The van der Waals surface area contributed by atoms with E-state index in [0.717, 1.165) is 5.56 Å². The third-order valence-electron chi connectivity index (χ3n) is 4.00. The van der Waals surface area contributed by atoms with Crippen molar-refractivity contribution in [2.75, 3.05) is 0 Å². The quantitative estimate of drug-likeness (QED) is 0.846. The number of aliphatic carboxylic acids is 1. The van der Waals surface area contributed by atoms with Gasteiger partial charge in [0.2, 0.25) is 5.78 Å². The standard InChI is InChI=1S/C17H14BrNO3/c1-2-10-3-5-11(6-4-10)16(20)15-13(18)9-14-12(17(21)22)7-8-19(14)15/h2-6,9,12H,1,7-8H2,(H,21,22). The topological polar surface area (TPSA) is 59.3 Å².